The molecule has 0 heterocycles. The van der Waals surface area contributed by atoms with Gasteiger partial charge in [-0.1, -0.05) is 30.0 Å². The summed E-state index contributed by atoms with van der Waals surface area (Å²) in [6, 6.07) is 9.04. The van der Waals surface area contributed by atoms with E-state index >= 15 is 0 Å². The summed E-state index contributed by atoms with van der Waals surface area (Å²) in [4.78, 5) is 0. The molecule has 0 bridgehead atoms. The molecule has 0 aromatic heterocycles. The van der Waals surface area contributed by atoms with Crippen LogP contribution in [0.5, 0.6) is 0 Å². The van der Waals surface area contributed by atoms with Crippen molar-refractivity contribution in [3.8, 4) is 11.8 Å². The number of halogens is 4. The van der Waals surface area contributed by atoms with E-state index in [9.17, 15) is 17.6 Å². The molecule has 0 saturated heterocycles. The molecule has 18 heavy (non-hydrogen) atoms. The second-order valence-corrected chi connectivity index (χ2v) is 3.46. The van der Waals surface area contributed by atoms with Gasteiger partial charge < -0.3 is 0 Å². The zero-order valence-corrected chi connectivity index (χ0v) is 8.98. The third kappa shape index (κ3) is 2.35. The van der Waals surface area contributed by atoms with Crippen LogP contribution in [-0.2, 0) is 0 Å². The lowest BCUT2D eigenvalue weighted by atomic mass is 10.1. The molecule has 0 aliphatic heterocycles. The van der Waals surface area contributed by atoms with Crippen LogP contribution in [-0.4, -0.2) is 0 Å². The molecule has 2 aromatic rings. The Morgan fingerprint density at radius 1 is 0.722 bits per heavy atom. The molecular weight excluding hydrogens is 244 g/mol. The lowest BCUT2D eigenvalue weighted by Gasteiger charge is -1.99. The number of hydrogen-bond acceptors (Lipinski definition) is 0. The van der Waals surface area contributed by atoms with E-state index in [2.05, 4.69) is 11.8 Å². The summed E-state index contributed by atoms with van der Waals surface area (Å²) < 4.78 is 51.8. The smallest absolute Gasteiger partial charge is 0.198 e. The second-order valence-electron chi connectivity index (χ2n) is 3.46. The van der Waals surface area contributed by atoms with Crippen molar-refractivity contribution in [2.24, 2.45) is 0 Å². The highest BCUT2D eigenvalue weighted by Crippen LogP contribution is 2.17. The predicted octanol–water partition coefficient (Wildman–Crippen LogP) is 3.64. The van der Waals surface area contributed by atoms with Crippen LogP contribution < -0.4 is 0 Å². The van der Waals surface area contributed by atoms with Gasteiger partial charge in [-0.25, -0.2) is 17.6 Å². The topological polar surface area (TPSA) is 0 Å². The van der Waals surface area contributed by atoms with Crippen LogP contribution in [0.2, 0.25) is 0 Å². The Balaban J connectivity index is 2.46. The van der Waals surface area contributed by atoms with Crippen molar-refractivity contribution < 1.29 is 17.6 Å². The Bertz CT molecular complexity index is 636. The molecule has 0 aliphatic carbocycles. The fourth-order valence-electron chi connectivity index (χ4n) is 1.32. The summed E-state index contributed by atoms with van der Waals surface area (Å²) in [5, 5.41) is 0. The van der Waals surface area contributed by atoms with E-state index < -0.39 is 28.8 Å². The van der Waals surface area contributed by atoms with Gasteiger partial charge in [0, 0.05) is 5.56 Å². The number of hydrogen-bond donors (Lipinski definition) is 0. The monoisotopic (exact) mass is 250 g/mol. The molecule has 2 rings (SSSR count). The van der Waals surface area contributed by atoms with Crippen LogP contribution in [0.25, 0.3) is 0 Å². The fraction of sp³-hybridized carbons (Fsp3) is 0. The summed E-state index contributed by atoms with van der Waals surface area (Å²) in [6.45, 7) is 0. The van der Waals surface area contributed by atoms with Crippen LogP contribution in [0.15, 0.2) is 36.4 Å². The molecule has 4 heteroatoms. The molecule has 0 atom stereocenters. The first-order valence-electron chi connectivity index (χ1n) is 4.99. The number of benzene rings is 2. The van der Waals surface area contributed by atoms with Crippen LogP contribution in [0.1, 0.15) is 11.1 Å². The van der Waals surface area contributed by atoms with Gasteiger partial charge in [-0.05, 0) is 18.2 Å². The molecule has 0 aliphatic rings. The maximum absolute atomic E-state index is 13.3. The Kier molecular flexibility index (Phi) is 3.33. The van der Waals surface area contributed by atoms with E-state index in [1.54, 1.807) is 30.3 Å². The summed E-state index contributed by atoms with van der Waals surface area (Å²) in [5.74, 6) is -1.85. The SMILES string of the molecule is Fc1cc(C#Cc2ccccc2)c(F)c(F)c1F. The molecule has 0 unspecified atom stereocenters. The first kappa shape index (κ1) is 12.2. The van der Waals surface area contributed by atoms with Crippen molar-refractivity contribution in [1.82, 2.24) is 0 Å². The minimum Gasteiger partial charge on any atom is -0.204 e. The van der Waals surface area contributed by atoms with Crippen molar-refractivity contribution in [2.75, 3.05) is 0 Å². The molecule has 0 fully saturated rings. The molecular formula is C14H6F4. The minimum atomic E-state index is -1.85. The normalized spacial score (nSPS) is 9.78. The quantitative estimate of drug-likeness (QED) is 0.290. The van der Waals surface area contributed by atoms with E-state index in [-0.39, 0.29) is 0 Å². The van der Waals surface area contributed by atoms with E-state index in [1.165, 1.54) is 0 Å². The first-order chi connectivity index (χ1) is 8.59. The van der Waals surface area contributed by atoms with Crippen molar-refractivity contribution >= 4 is 0 Å². The zero-order valence-electron chi connectivity index (χ0n) is 8.98. The fourth-order valence-corrected chi connectivity index (χ4v) is 1.32. The maximum Gasteiger partial charge on any atom is 0.198 e. The lowest BCUT2D eigenvalue weighted by Crippen LogP contribution is -1.98. The maximum atomic E-state index is 13.3. The summed E-state index contributed by atoms with van der Waals surface area (Å²) in [5.41, 5.74) is 0.0392. The second kappa shape index (κ2) is 4.92. The molecule has 0 nitrogen and oxygen atoms in total. The molecule has 2 aromatic carbocycles. The van der Waals surface area contributed by atoms with Gasteiger partial charge in [-0.15, -0.1) is 0 Å². The molecule has 0 saturated carbocycles. The predicted molar refractivity (Wildman–Crippen MR) is 58.7 cm³/mol. The Morgan fingerprint density at radius 3 is 2.06 bits per heavy atom. The summed E-state index contributed by atoms with van der Waals surface area (Å²) in [7, 11) is 0. The van der Waals surface area contributed by atoms with Gasteiger partial charge in [-0.2, -0.15) is 0 Å². The number of rotatable bonds is 0. The van der Waals surface area contributed by atoms with Crippen molar-refractivity contribution in [1.29, 1.82) is 0 Å². The molecule has 90 valence electrons. The minimum absolute atomic E-state index is 0.518. The lowest BCUT2D eigenvalue weighted by molar-refractivity contribution is 0.408. The third-order valence-electron chi connectivity index (χ3n) is 2.22. The van der Waals surface area contributed by atoms with Gasteiger partial charge in [0.2, 0.25) is 0 Å². The standard InChI is InChI=1S/C14H6F4/c15-11-8-10(12(16)14(18)13(11)17)7-6-9-4-2-1-3-5-9/h1-5,8H. The van der Waals surface area contributed by atoms with Crippen LogP contribution in [0.4, 0.5) is 17.6 Å². The highest BCUT2D eigenvalue weighted by molar-refractivity contribution is 5.43. The van der Waals surface area contributed by atoms with Gasteiger partial charge >= 0.3 is 0 Å². The largest absolute Gasteiger partial charge is 0.204 e. The van der Waals surface area contributed by atoms with Crippen LogP contribution in [0, 0.1) is 35.1 Å². The molecule has 0 amide bonds. The van der Waals surface area contributed by atoms with Crippen molar-refractivity contribution in [2.45, 2.75) is 0 Å². The molecule has 0 radical (unpaired) electrons. The van der Waals surface area contributed by atoms with Gasteiger partial charge in [0.25, 0.3) is 0 Å². The van der Waals surface area contributed by atoms with Crippen LogP contribution >= 0.6 is 0 Å². The first-order valence-corrected chi connectivity index (χ1v) is 4.99. The van der Waals surface area contributed by atoms with Crippen molar-refractivity contribution in [3.63, 3.8) is 0 Å². The molecule has 0 N–H and O–H groups in total. The molecule has 0 spiro atoms. The van der Waals surface area contributed by atoms with E-state index in [0.29, 0.717) is 11.6 Å². The van der Waals surface area contributed by atoms with E-state index in [1.807, 2.05) is 0 Å². The average Bonchev–Trinajstić information content (AvgIpc) is 2.40. The summed E-state index contributed by atoms with van der Waals surface area (Å²) >= 11 is 0. The highest BCUT2D eigenvalue weighted by Gasteiger charge is 2.17. The van der Waals surface area contributed by atoms with Crippen molar-refractivity contribution in [3.05, 3.63) is 70.8 Å². The Morgan fingerprint density at radius 2 is 1.39 bits per heavy atom. The highest BCUT2D eigenvalue weighted by atomic mass is 19.2. The van der Waals surface area contributed by atoms with Gasteiger partial charge in [-0.3, -0.25) is 0 Å². The average molecular weight is 250 g/mol. The van der Waals surface area contributed by atoms with Crippen LogP contribution in [0.3, 0.4) is 0 Å². The van der Waals surface area contributed by atoms with Gasteiger partial charge in [0.05, 0.1) is 5.56 Å². The summed E-state index contributed by atoms with van der Waals surface area (Å²) in [6.07, 6.45) is 0. The van der Waals surface area contributed by atoms with Gasteiger partial charge in [0.15, 0.2) is 23.3 Å². The Labute approximate surface area is 101 Å². The Hall–Kier alpha value is -2.28. The van der Waals surface area contributed by atoms with E-state index in [4.69, 9.17) is 0 Å². The van der Waals surface area contributed by atoms with E-state index in [0.717, 1.165) is 0 Å². The van der Waals surface area contributed by atoms with Gasteiger partial charge in [0.1, 0.15) is 0 Å². The zero-order chi connectivity index (χ0) is 13.1. The third-order valence-corrected chi connectivity index (χ3v) is 2.22.